The Morgan fingerprint density at radius 1 is 1.27 bits per heavy atom. The number of carbonyl (C=O) groups is 1. The lowest BCUT2D eigenvalue weighted by atomic mass is 10.1. The lowest BCUT2D eigenvalue weighted by molar-refractivity contribution is 0.0303. The molecule has 0 bridgehead atoms. The minimum Gasteiger partial charge on any atom is -0.378 e. The van der Waals surface area contributed by atoms with Gasteiger partial charge in [0.05, 0.1) is 23.8 Å². The average molecular weight is 371 g/mol. The van der Waals surface area contributed by atoms with Crippen LogP contribution < -0.4 is 0 Å². The number of hydrogen-bond acceptors (Lipinski definition) is 4. The molecule has 1 amide bonds. The van der Waals surface area contributed by atoms with Gasteiger partial charge in [0.1, 0.15) is 5.82 Å². The lowest BCUT2D eigenvalue weighted by Crippen LogP contribution is -2.40. The largest absolute Gasteiger partial charge is 0.378 e. The van der Waals surface area contributed by atoms with Crippen LogP contribution in [0.5, 0.6) is 0 Å². The summed E-state index contributed by atoms with van der Waals surface area (Å²) in [5.74, 6) is 0.751. The zero-order valence-electron chi connectivity index (χ0n) is 14.5. The van der Waals surface area contributed by atoms with E-state index in [1.54, 1.807) is 6.20 Å². The Kier molecular flexibility index (Phi) is 4.61. The predicted molar refractivity (Wildman–Crippen MR) is 100 cm³/mol. The molecule has 1 aliphatic heterocycles. The summed E-state index contributed by atoms with van der Waals surface area (Å²) < 4.78 is 5.30. The molecule has 26 heavy (non-hydrogen) atoms. The number of amides is 1. The Morgan fingerprint density at radius 2 is 2.00 bits per heavy atom. The molecule has 1 N–H and O–H groups in total. The van der Waals surface area contributed by atoms with Gasteiger partial charge in [-0.2, -0.15) is 0 Å². The van der Waals surface area contributed by atoms with Crippen molar-refractivity contribution in [2.45, 2.75) is 13.3 Å². The number of aryl methyl sites for hydroxylation is 1. The van der Waals surface area contributed by atoms with Crippen LogP contribution in [0.25, 0.3) is 22.6 Å². The summed E-state index contributed by atoms with van der Waals surface area (Å²) in [7, 11) is 0. The first kappa shape index (κ1) is 17.0. The summed E-state index contributed by atoms with van der Waals surface area (Å²) in [4.78, 5) is 26.5. The molecule has 0 aliphatic carbocycles. The number of aromatic nitrogens is 3. The summed E-state index contributed by atoms with van der Waals surface area (Å²) in [6, 6.07) is 7.47. The second-order valence-electron chi connectivity index (χ2n) is 6.20. The second kappa shape index (κ2) is 7.05. The van der Waals surface area contributed by atoms with Gasteiger partial charge >= 0.3 is 0 Å². The van der Waals surface area contributed by atoms with E-state index in [0.717, 1.165) is 28.9 Å². The van der Waals surface area contributed by atoms with Gasteiger partial charge in [0, 0.05) is 30.4 Å². The summed E-state index contributed by atoms with van der Waals surface area (Å²) in [5, 5.41) is 0.640. The predicted octanol–water partition coefficient (Wildman–Crippen LogP) is 3.31. The maximum absolute atomic E-state index is 12.5. The van der Waals surface area contributed by atoms with E-state index in [9.17, 15) is 4.79 Å². The molecule has 3 aromatic rings. The molecule has 2 aromatic heterocycles. The van der Waals surface area contributed by atoms with E-state index in [1.807, 2.05) is 36.1 Å². The molecular weight excluding hydrogens is 352 g/mol. The monoisotopic (exact) mass is 370 g/mol. The molecule has 0 radical (unpaired) electrons. The zero-order chi connectivity index (χ0) is 18.1. The van der Waals surface area contributed by atoms with Crippen LogP contribution in [0, 0.1) is 0 Å². The van der Waals surface area contributed by atoms with E-state index in [2.05, 4.69) is 15.0 Å². The number of pyridine rings is 1. The lowest BCUT2D eigenvalue weighted by Gasteiger charge is -2.26. The van der Waals surface area contributed by atoms with Crippen LogP contribution >= 0.6 is 11.6 Å². The highest BCUT2D eigenvalue weighted by Gasteiger charge is 2.19. The molecular formula is C19H19ClN4O2. The molecule has 1 saturated heterocycles. The van der Waals surface area contributed by atoms with Crippen LogP contribution in [0.2, 0.25) is 5.02 Å². The number of ether oxygens (including phenoxy) is 1. The zero-order valence-corrected chi connectivity index (χ0v) is 15.2. The van der Waals surface area contributed by atoms with Crippen molar-refractivity contribution in [3.05, 3.63) is 46.6 Å². The molecule has 134 valence electrons. The minimum absolute atomic E-state index is 0.0335. The van der Waals surface area contributed by atoms with Gasteiger partial charge in [0.2, 0.25) is 0 Å². The van der Waals surface area contributed by atoms with E-state index in [0.29, 0.717) is 42.5 Å². The second-order valence-corrected chi connectivity index (χ2v) is 6.61. The van der Waals surface area contributed by atoms with Gasteiger partial charge in [-0.1, -0.05) is 30.7 Å². The number of H-pyrrole nitrogens is 1. The van der Waals surface area contributed by atoms with E-state index in [1.165, 1.54) is 0 Å². The summed E-state index contributed by atoms with van der Waals surface area (Å²) in [5.41, 5.74) is 4.09. The molecule has 0 saturated carbocycles. The molecule has 0 atom stereocenters. The molecule has 6 nitrogen and oxygen atoms in total. The van der Waals surface area contributed by atoms with Crippen LogP contribution in [0.1, 0.15) is 22.8 Å². The third-order valence-corrected chi connectivity index (χ3v) is 4.96. The molecule has 1 aliphatic rings. The first-order valence-electron chi connectivity index (χ1n) is 8.68. The Morgan fingerprint density at radius 3 is 2.69 bits per heavy atom. The number of aromatic amines is 1. The Balaban J connectivity index is 1.62. The third-order valence-electron chi connectivity index (χ3n) is 4.63. The van der Waals surface area contributed by atoms with Gasteiger partial charge < -0.3 is 14.6 Å². The fraction of sp³-hybridized carbons (Fsp3) is 0.316. The Labute approximate surface area is 156 Å². The van der Waals surface area contributed by atoms with Crippen LogP contribution in [0.15, 0.2) is 30.5 Å². The van der Waals surface area contributed by atoms with Crippen LogP contribution in [0.4, 0.5) is 0 Å². The van der Waals surface area contributed by atoms with E-state index < -0.39 is 0 Å². The fourth-order valence-electron chi connectivity index (χ4n) is 3.19. The maximum atomic E-state index is 12.5. The van der Waals surface area contributed by atoms with Gasteiger partial charge in [-0.15, -0.1) is 0 Å². The van der Waals surface area contributed by atoms with Crippen molar-refractivity contribution < 1.29 is 9.53 Å². The first-order chi connectivity index (χ1) is 12.7. The number of carbonyl (C=O) groups excluding carboxylic acids is 1. The van der Waals surface area contributed by atoms with Crippen molar-refractivity contribution in [2.75, 3.05) is 26.3 Å². The number of imidazole rings is 1. The standard InChI is InChI=1S/C19H19ClN4O2/c1-2-14-15(20)11-21-18-16(14)22-17(23-18)12-3-5-13(6-4-12)19(25)24-7-9-26-10-8-24/h3-6,11H,2,7-10H2,1H3,(H,21,22,23). The number of nitrogens with one attached hydrogen (secondary N) is 1. The quantitative estimate of drug-likeness (QED) is 0.767. The highest BCUT2D eigenvalue weighted by Crippen LogP contribution is 2.26. The molecule has 4 rings (SSSR count). The van der Waals surface area contributed by atoms with Gasteiger partial charge in [0.15, 0.2) is 5.65 Å². The topological polar surface area (TPSA) is 71.1 Å². The van der Waals surface area contributed by atoms with Crippen LogP contribution in [-0.4, -0.2) is 52.1 Å². The number of nitrogens with zero attached hydrogens (tertiary/aromatic N) is 3. The Bertz CT molecular complexity index is 946. The molecule has 1 fully saturated rings. The third kappa shape index (κ3) is 3.06. The van der Waals surface area contributed by atoms with Gasteiger partial charge in [0.25, 0.3) is 5.91 Å². The highest BCUT2D eigenvalue weighted by atomic mass is 35.5. The van der Waals surface area contributed by atoms with Crippen LogP contribution in [-0.2, 0) is 11.2 Å². The highest BCUT2D eigenvalue weighted by molar-refractivity contribution is 6.32. The minimum atomic E-state index is 0.0335. The Hall–Kier alpha value is -2.44. The summed E-state index contributed by atoms with van der Waals surface area (Å²) in [6.45, 7) is 4.51. The van der Waals surface area contributed by atoms with Gasteiger partial charge in [-0.05, 0) is 24.1 Å². The molecule has 0 unspecified atom stereocenters. The maximum Gasteiger partial charge on any atom is 0.254 e. The van der Waals surface area contributed by atoms with Crippen LogP contribution in [0.3, 0.4) is 0 Å². The molecule has 1 aromatic carbocycles. The van der Waals surface area contributed by atoms with E-state index in [4.69, 9.17) is 16.3 Å². The normalized spacial score (nSPS) is 14.8. The molecule has 7 heteroatoms. The van der Waals surface area contributed by atoms with Gasteiger partial charge in [-0.25, -0.2) is 9.97 Å². The van der Waals surface area contributed by atoms with E-state index >= 15 is 0 Å². The van der Waals surface area contributed by atoms with Crippen molar-refractivity contribution in [1.29, 1.82) is 0 Å². The summed E-state index contributed by atoms with van der Waals surface area (Å²) in [6.07, 6.45) is 2.43. The fourth-order valence-corrected chi connectivity index (χ4v) is 3.46. The number of morpholine rings is 1. The molecule has 3 heterocycles. The first-order valence-corrected chi connectivity index (χ1v) is 9.05. The van der Waals surface area contributed by atoms with Crippen molar-refractivity contribution in [1.82, 2.24) is 19.9 Å². The summed E-state index contributed by atoms with van der Waals surface area (Å²) >= 11 is 6.23. The SMILES string of the molecule is CCc1c(Cl)cnc2nc(-c3ccc(C(=O)N4CCOCC4)cc3)[nH]c12. The van der Waals surface area contributed by atoms with Crippen molar-refractivity contribution >= 4 is 28.7 Å². The number of halogens is 1. The van der Waals surface area contributed by atoms with Gasteiger partial charge in [-0.3, -0.25) is 4.79 Å². The number of fused-ring (bicyclic) bond motifs is 1. The number of benzene rings is 1. The van der Waals surface area contributed by atoms with E-state index in [-0.39, 0.29) is 5.91 Å². The smallest absolute Gasteiger partial charge is 0.254 e. The molecule has 0 spiro atoms. The number of hydrogen-bond donors (Lipinski definition) is 1. The van der Waals surface area contributed by atoms with Crippen molar-refractivity contribution in [3.63, 3.8) is 0 Å². The number of rotatable bonds is 3. The average Bonchev–Trinajstić information content (AvgIpc) is 3.12. The van der Waals surface area contributed by atoms with Crippen molar-refractivity contribution in [2.24, 2.45) is 0 Å². The van der Waals surface area contributed by atoms with Crippen molar-refractivity contribution in [3.8, 4) is 11.4 Å².